The lowest BCUT2D eigenvalue weighted by Gasteiger charge is -2.24. The van der Waals surface area contributed by atoms with Crippen molar-refractivity contribution < 1.29 is 9.90 Å². The van der Waals surface area contributed by atoms with Crippen molar-refractivity contribution in [2.24, 2.45) is 11.3 Å². The van der Waals surface area contributed by atoms with Crippen molar-refractivity contribution in [2.45, 2.75) is 64.3 Å². The molecule has 0 radical (unpaired) electrons. The Labute approximate surface area is 218 Å². The van der Waals surface area contributed by atoms with Gasteiger partial charge in [0.2, 0.25) is 5.91 Å². The SMILES string of the molecule is C=C(O)C1(Cc2cccc(NC(=O)C(c3ccc(Cn4ccc(C)cc4=O)cc3)C3CCCC3)c2)CC1. The number of aliphatic hydroxyl groups excluding tert-OH is 1. The molecule has 37 heavy (non-hydrogen) atoms. The summed E-state index contributed by atoms with van der Waals surface area (Å²) < 4.78 is 1.70. The molecule has 2 aliphatic rings. The fourth-order valence-corrected chi connectivity index (χ4v) is 5.78. The van der Waals surface area contributed by atoms with E-state index in [9.17, 15) is 14.7 Å². The number of carbonyl (C=O) groups is 1. The molecule has 5 heteroatoms. The minimum absolute atomic E-state index is 0.00886. The smallest absolute Gasteiger partial charge is 0.251 e. The Morgan fingerprint density at radius 3 is 2.46 bits per heavy atom. The molecular formula is C32H36N2O3. The zero-order valence-electron chi connectivity index (χ0n) is 21.6. The van der Waals surface area contributed by atoms with Crippen LogP contribution in [0.2, 0.25) is 0 Å². The number of rotatable bonds is 9. The van der Waals surface area contributed by atoms with E-state index < -0.39 is 0 Å². The van der Waals surface area contributed by atoms with Gasteiger partial charge in [0.05, 0.1) is 18.2 Å². The number of hydrogen-bond acceptors (Lipinski definition) is 3. The quantitative estimate of drug-likeness (QED) is 0.332. The Balaban J connectivity index is 1.32. The van der Waals surface area contributed by atoms with E-state index in [4.69, 9.17) is 0 Å². The molecule has 2 aromatic carbocycles. The van der Waals surface area contributed by atoms with Crippen LogP contribution in [0, 0.1) is 18.3 Å². The summed E-state index contributed by atoms with van der Waals surface area (Å²) in [4.78, 5) is 25.9. The number of allylic oxidation sites excluding steroid dienone is 1. The van der Waals surface area contributed by atoms with E-state index in [-0.39, 0.29) is 28.6 Å². The van der Waals surface area contributed by atoms with Crippen LogP contribution in [-0.4, -0.2) is 15.6 Å². The van der Waals surface area contributed by atoms with Gasteiger partial charge in [-0.3, -0.25) is 9.59 Å². The predicted octanol–water partition coefficient (Wildman–Crippen LogP) is 6.51. The van der Waals surface area contributed by atoms with E-state index in [2.05, 4.69) is 24.0 Å². The first-order chi connectivity index (χ1) is 17.8. The first-order valence-electron chi connectivity index (χ1n) is 13.4. The minimum Gasteiger partial charge on any atom is -0.512 e. The van der Waals surface area contributed by atoms with Crippen molar-refractivity contribution >= 4 is 11.6 Å². The molecule has 1 amide bonds. The van der Waals surface area contributed by atoms with Crippen LogP contribution in [0.15, 0.2) is 84.0 Å². The molecular weight excluding hydrogens is 460 g/mol. The lowest BCUT2D eigenvalue weighted by atomic mass is 9.83. The van der Waals surface area contributed by atoms with Crippen molar-refractivity contribution in [1.29, 1.82) is 0 Å². The van der Waals surface area contributed by atoms with Gasteiger partial charge in [-0.1, -0.05) is 55.8 Å². The average Bonchev–Trinajstić information content (AvgIpc) is 3.46. The van der Waals surface area contributed by atoms with E-state index in [1.165, 1.54) is 0 Å². The number of aliphatic hydroxyl groups is 1. The zero-order chi connectivity index (χ0) is 26.0. The summed E-state index contributed by atoms with van der Waals surface area (Å²) in [7, 11) is 0. The number of nitrogens with one attached hydrogen (secondary N) is 1. The Kier molecular flexibility index (Phi) is 7.05. The van der Waals surface area contributed by atoms with E-state index >= 15 is 0 Å². The predicted molar refractivity (Wildman–Crippen MR) is 148 cm³/mol. The van der Waals surface area contributed by atoms with Crippen LogP contribution in [0.1, 0.15) is 66.7 Å². The minimum atomic E-state index is -0.214. The molecule has 0 aliphatic heterocycles. The molecule has 2 N–H and O–H groups in total. The molecule has 5 nitrogen and oxygen atoms in total. The van der Waals surface area contributed by atoms with Crippen LogP contribution < -0.4 is 10.9 Å². The first kappa shape index (κ1) is 25.1. The molecule has 2 aliphatic carbocycles. The second-order valence-corrected chi connectivity index (χ2v) is 11.0. The summed E-state index contributed by atoms with van der Waals surface area (Å²) in [5.41, 5.74) is 4.70. The third-order valence-corrected chi connectivity index (χ3v) is 8.20. The van der Waals surface area contributed by atoms with Crippen LogP contribution in [0.25, 0.3) is 0 Å². The molecule has 192 valence electrons. The van der Waals surface area contributed by atoms with Gasteiger partial charge in [0.25, 0.3) is 5.56 Å². The Morgan fingerprint density at radius 2 is 1.81 bits per heavy atom. The van der Waals surface area contributed by atoms with E-state index in [1.54, 1.807) is 10.6 Å². The number of aromatic nitrogens is 1. The molecule has 2 saturated carbocycles. The lowest BCUT2D eigenvalue weighted by molar-refractivity contribution is -0.118. The molecule has 1 atom stereocenters. The van der Waals surface area contributed by atoms with Gasteiger partial charge in [-0.05, 0) is 85.4 Å². The lowest BCUT2D eigenvalue weighted by Crippen LogP contribution is -2.26. The second kappa shape index (κ2) is 10.4. The van der Waals surface area contributed by atoms with Crippen molar-refractivity contribution in [3.8, 4) is 0 Å². The van der Waals surface area contributed by atoms with Crippen molar-refractivity contribution in [3.63, 3.8) is 0 Å². The first-order valence-corrected chi connectivity index (χ1v) is 13.4. The second-order valence-electron chi connectivity index (χ2n) is 11.0. The van der Waals surface area contributed by atoms with Crippen molar-refractivity contribution in [3.05, 3.63) is 112 Å². The molecule has 1 unspecified atom stereocenters. The van der Waals surface area contributed by atoms with Gasteiger partial charge in [0.1, 0.15) is 0 Å². The van der Waals surface area contributed by atoms with Crippen LogP contribution >= 0.6 is 0 Å². The van der Waals surface area contributed by atoms with E-state index in [0.29, 0.717) is 12.5 Å². The Hall–Kier alpha value is -3.60. The van der Waals surface area contributed by atoms with Crippen LogP contribution in [0.3, 0.4) is 0 Å². The van der Waals surface area contributed by atoms with Gasteiger partial charge in [-0.25, -0.2) is 0 Å². The van der Waals surface area contributed by atoms with Crippen LogP contribution in [0.5, 0.6) is 0 Å². The maximum absolute atomic E-state index is 13.7. The summed E-state index contributed by atoms with van der Waals surface area (Å²) in [6.45, 7) is 6.19. The topological polar surface area (TPSA) is 71.3 Å². The van der Waals surface area contributed by atoms with Gasteiger partial charge in [0.15, 0.2) is 0 Å². The van der Waals surface area contributed by atoms with Gasteiger partial charge < -0.3 is 15.0 Å². The zero-order valence-corrected chi connectivity index (χ0v) is 21.6. The van der Waals surface area contributed by atoms with Gasteiger partial charge in [-0.15, -0.1) is 0 Å². The molecule has 3 aromatic rings. The highest BCUT2D eigenvalue weighted by atomic mass is 16.3. The number of hydrogen-bond donors (Lipinski definition) is 2. The highest BCUT2D eigenvalue weighted by molar-refractivity contribution is 5.96. The normalized spacial score (nSPS) is 17.3. The number of nitrogens with zero attached hydrogens (tertiary/aromatic N) is 1. The molecule has 2 fully saturated rings. The molecule has 5 rings (SSSR count). The van der Waals surface area contributed by atoms with Crippen molar-refractivity contribution in [2.75, 3.05) is 5.32 Å². The maximum atomic E-state index is 13.7. The van der Waals surface area contributed by atoms with Gasteiger partial charge in [-0.2, -0.15) is 0 Å². The molecule has 0 saturated heterocycles. The number of pyridine rings is 1. The Bertz CT molecular complexity index is 1340. The summed E-state index contributed by atoms with van der Waals surface area (Å²) in [6.07, 6.45) is 8.91. The third kappa shape index (κ3) is 5.71. The van der Waals surface area contributed by atoms with Crippen molar-refractivity contribution in [1.82, 2.24) is 4.57 Å². The van der Waals surface area contributed by atoms with Gasteiger partial charge in [0, 0.05) is 23.4 Å². The highest BCUT2D eigenvalue weighted by Crippen LogP contribution is 2.52. The van der Waals surface area contributed by atoms with Crippen LogP contribution in [0.4, 0.5) is 5.69 Å². The monoisotopic (exact) mass is 496 g/mol. The largest absolute Gasteiger partial charge is 0.512 e. The summed E-state index contributed by atoms with van der Waals surface area (Å²) >= 11 is 0. The fraction of sp³-hybridized carbons (Fsp3) is 0.375. The fourth-order valence-electron chi connectivity index (χ4n) is 5.78. The van der Waals surface area contributed by atoms with E-state index in [1.807, 2.05) is 55.6 Å². The van der Waals surface area contributed by atoms with E-state index in [0.717, 1.165) is 72.9 Å². The average molecular weight is 497 g/mol. The molecule has 1 aromatic heterocycles. The molecule has 1 heterocycles. The standard InChI is InChI=1S/C32H36N2O3/c1-22-14-17-34(29(36)18-22)21-24-10-12-27(13-11-24)30(26-7-3-4-8-26)31(37)33-28-9-5-6-25(19-28)20-32(15-16-32)23(2)35/h5-6,9-14,17-19,26,30,35H,2-4,7-8,15-16,20-21H2,1H3,(H,33,37). The summed E-state index contributed by atoms with van der Waals surface area (Å²) in [6, 6.07) is 19.7. The number of anilines is 1. The third-order valence-electron chi connectivity index (χ3n) is 8.20. The van der Waals surface area contributed by atoms with Crippen LogP contribution in [-0.2, 0) is 17.8 Å². The van der Waals surface area contributed by atoms with Gasteiger partial charge >= 0.3 is 0 Å². The number of amides is 1. The number of carbonyl (C=O) groups excluding carboxylic acids is 1. The number of benzene rings is 2. The Morgan fingerprint density at radius 1 is 1.08 bits per heavy atom. The summed E-state index contributed by atoms with van der Waals surface area (Å²) in [5, 5.41) is 13.2. The highest BCUT2D eigenvalue weighted by Gasteiger charge is 2.45. The maximum Gasteiger partial charge on any atom is 0.251 e. The summed E-state index contributed by atoms with van der Waals surface area (Å²) in [5.74, 6) is 0.397. The number of aryl methyl sites for hydroxylation is 1. The molecule has 0 bridgehead atoms. The molecule has 0 spiro atoms.